The molecule has 2 aromatic heterocycles. The SMILES string of the molecule is [2H]c1c([2H])c([2H])c(-c2nc(-c3c([2H])c([2H])c([2H])c([Si](c4c([2H])c([2H])c([2H])c(-c5c([2H])c([2H])c([2H])c([2H])c5[2H])c4[2H])(C4([2H])C([2H])([2H])C([2H])([2H])C([2H])([2H])C([2H])([2H])C4([2H])[2H])C4([2H])C([2H])([2H])C([2H])([2H])C([2H])([2H])C([2H])([2H])C4([2H])[2H])c3[2H])nc(-n3c4c([2H])c([2H])c([2H])c([2H])c4c4c([2H])c([2H])c([2H])c([2H])c43)n2)c([2H])c1[2H]. The van der Waals surface area contributed by atoms with Gasteiger partial charge in [0.25, 0.3) is 0 Å². The number of benzene rings is 6. The quantitative estimate of drug-likeness (QED) is 0.144. The summed E-state index contributed by atoms with van der Waals surface area (Å²) in [6, 6.07) is -39.5. The van der Waals surface area contributed by atoms with E-state index in [1.54, 1.807) is 0 Å². The van der Waals surface area contributed by atoms with E-state index in [2.05, 4.69) is 15.0 Å². The van der Waals surface area contributed by atoms with Gasteiger partial charge in [-0.05, 0) is 34.2 Å². The lowest BCUT2D eigenvalue weighted by molar-refractivity contribution is 0.459. The molecule has 6 aromatic carbocycles. The number of hydrogen-bond donors (Lipinski definition) is 0. The Morgan fingerprint density at radius 1 is 0.464 bits per heavy atom. The van der Waals surface area contributed by atoms with Crippen molar-refractivity contribution in [2.45, 2.75) is 74.8 Å². The molecule has 0 N–H and O–H groups in total. The molecule has 0 amide bonds. The molecule has 0 saturated heterocycles. The fourth-order valence-corrected chi connectivity index (χ4v) is 9.60. The van der Waals surface area contributed by atoms with E-state index in [4.69, 9.17) is 27.4 Å². The van der Waals surface area contributed by atoms with Gasteiger partial charge in [0.05, 0.1) is 46.7 Å². The van der Waals surface area contributed by atoms with Crippen molar-refractivity contribution in [3.8, 4) is 39.9 Å². The maximum Gasteiger partial charge on any atom is 0.238 e. The third kappa shape index (κ3) is 6.19. The zero-order valence-corrected chi connectivity index (χ0v) is 28.8. The van der Waals surface area contributed by atoms with E-state index >= 15 is 0 Å². The van der Waals surface area contributed by atoms with Gasteiger partial charge in [-0.15, -0.1) is 0 Å². The summed E-state index contributed by atoms with van der Waals surface area (Å²) in [6.45, 7) is 0. The number of hydrogen-bond acceptors (Lipinski definition) is 3. The van der Waals surface area contributed by atoms with Gasteiger partial charge in [-0.25, -0.2) is 4.98 Å². The lowest BCUT2D eigenvalue weighted by Gasteiger charge is -2.49. The van der Waals surface area contributed by atoms with E-state index in [-0.39, 0.29) is 0 Å². The summed E-state index contributed by atoms with van der Waals surface area (Å²) in [5.41, 5.74) is -20.2. The van der Waals surface area contributed by atoms with E-state index in [1.165, 1.54) is 0 Å². The zero-order chi connectivity index (χ0) is 79.7. The highest BCUT2D eigenvalue weighted by molar-refractivity contribution is 7.04. The number of nitrogens with zero attached hydrogens (tertiary/aromatic N) is 4. The van der Waals surface area contributed by atoms with Crippen LogP contribution in [0.1, 0.15) is 130 Å². The molecule has 4 nitrogen and oxygen atoms in total. The molecule has 10 rings (SSSR count). The summed E-state index contributed by atoms with van der Waals surface area (Å²) in [4.78, 5) is 12.6. The van der Waals surface area contributed by atoms with Crippen LogP contribution in [0, 0.1) is 0 Å². The van der Waals surface area contributed by atoms with Crippen LogP contribution in [0.3, 0.4) is 0 Å². The number of fused-ring (bicyclic) bond motifs is 3. The maximum atomic E-state index is 11.1. The molecular weight excluding hydrogens is 697 g/mol. The molecule has 5 heteroatoms. The van der Waals surface area contributed by atoms with Gasteiger partial charge in [-0.2, -0.15) is 9.97 Å². The zero-order valence-electron chi connectivity index (χ0n) is 75.8. The monoisotopic (exact) mass is 793 g/mol. The van der Waals surface area contributed by atoms with E-state index in [0.29, 0.717) is 4.57 Å². The first-order chi connectivity index (χ1) is 46.9. The first-order valence-corrected chi connectivity index (χ1v) is 18.0. The van der Waals surface area contributed by atoms with Gasteiger partial charge in [0.15, 0.2) is 11.6 Å². The predicted molar refractivity (Wildman–Crippen MR) is 236 cm³/mol. The lowest BCUT2D eigenvalue weighted by atomic mass is 9.99. The summed E-state index contributed by atoms with van der Waals surface area (Å²) in [7, 11) is -9.26. The van der Waals surface area contributed by atoms with Crippen LogP contribution in [0.25, 0.3) is 61.7 Å². The molecule has 0 unspecified atom stereocenters. The van der Waals surface area contributed by atoms with Crippen LogP contribution in [0.2, 0.25) is 11.0 Å². The molecule has 0 radical (unpaired) electrons. The van der Waals surface area contributed by atoms with E-state index in [0.717, 1.165) is 0 Å². The Morgan fingerprint density at radius 2 is 0.911 bits per heavy atom. The third-order valence-electron chi connectivity index (χ3n) is 8.30. The van der Waals surface area contributed by atoms with Crippen molar-refractivity contribution in [2.24, 2.45) is 0 Å². The predicted octanol–water partition coefficient (Wildman–Crippen LogP) is 12.2. The third-order valence-corrected chi connectivity index (χ3v) is 12.3. The van der Waals surface area contributed by atoms with Gasteiger partial charge < -0.3 is 0 Å². The highest BCUT2D eigenvalue weighted by Crippen LogP contribution is 2.48. The van der Waals surface area contributed by atoms with Crippen LogP contribution in [0.5, 0.6) is 0 Å². The molecule has 2 aliphatic rings. The van der Waals surface area contributed by atoms with Gasteiger partial charge >= 0.3 is 0 Å². The van der Waals surface area contributed by atoms with E-state index in [9.17, 15) is 38.4 Å². The number of rotatable bonds is 8. The van der Waals surface area contributed by atoms with Gasteiger partial charge in [0, 0.05) is 52.1 Å². The van der Waals surface area contributed by atoms with Gasteiger partial charge in [-0.3, -0.25) is 4.57 Å². The molecule has 276 valence electrons. The molecule has 0 bridgehead atoms. The maximum absolute atomic E-state index is 11.1. The average molecular weight is 793 g/mol. The van der Waals surface area contributed by atoms with Crippen molar-refractivity contribution in [3.05, 3.63) is 157 Å². The van der Waals surface area contributed by atoms with Crippen LogP contribution < -0.4 is 10.4 Å². The normalized spacial score (nSPS) is 38.1. The van der Waals surface area contributed by atoms with Crippen molar-refractivity contribution >= 4 is 40.3 Å². The Balaban J connectivity index is 1.65. The second-order valence-electron chi connectivity index (χ2n) is 11.3. The Hall–Kier alpha value is -5.65. The molecular formula is C51H48N4Si. The number of aromatic nitrogens is 4. The van der Waals surface area contributed by atoms with Crippen LogP contribution in [0.15, 0.2) is 157 Å². The van der Waals surface area contributed by atoms with Crippen molar-refractivity contribution in [3.63, 3.8) is 0 Å². The summed E-state index contributed by atoms with van der Waals surface area (Å²) in [5.74, 6) is -4.54. The fraction of sp³-hybridized carbons (Fsp3) is 0.235. The minimum absolute atomic E-state index is 0.388. The molecule has 2 saturated carbocycles. The molecule has 56 heavy (non-hydrogen) atoms. The smallest absolute Gasteiger partial charge is 0.238 e. The van der Waals surface area contributed by atoms with Crippen molar-refractivity contribution < 1.29 is 65.8 Å². The van der Waals surface area contributed by atoms with Crippen molar-refractivity contribution in [2.75, 3.05) is 0 Å². The minimum atomic E-state index is -9.26. The minimum Gasteiger partial charge on any atom is -0.278 e. The van der Waals surface area contributed by atoms with Crippen LogP contribution >= 0.6 is 0 Å². The molecule has 2 heterocycles. The summed E-state index contributed by atoms with van der Waals surface area (Å²) in [6.07, 6.45) is -52.8. The first kappa shape index (κ1) is 10.6. The molecule has 2 fully saturated rings. The average Bonchev–Trinajstić information content (AvgIpc) is 0.695. The van der Waals surface area contributed by atoms with Gasteiger partial charge in [0.1, 0.15) is 8.07 Å². The van der Waals surface area contributed by atoms with Crippen LogP contribution in [-0.2, 0) is 0 Å². The summed E-state index contributed by atoms with van der Waals surface area (Å²) >= 11 is 0. The Morgan fingerprint density at radius 3 is 1.48 bits per heavy atom. The van der Waals surface area contributed by atoms with Crippen molar-refractivity contribution in [1.82, 2.24) is 19.5 Å². The summed E-state index contributed by atoms with van der Waals surface area (Å²) < 4.78 is 452. The summed E-state index contributed by atoms with van der Waals surface area (Å²) in [5, 5.41) is -6.71. The largest absolute Gasteiger partial charge is 0.278 e. The fourth-order valence-electron chi connectivity index (χ4n) is 5.97. The van der Waals surface area contributed by atoms with Gasteiger partial charge in [0.2, 0.25) is 5.95 Å². The standard InChI is InChI=1S/C51H48N4Si/c1-5-19-37(20-6-1)39-23-17-29-43(35-39)56(41-25-9-3-10-26-41,42-27-11-4-12-28-42)44-30-18-24-40(36-44)50-52-49(38-21-7-2-8-22-38)53-51(54-50)55-47-33-15-13-31-45(47)46-32-14-16-34-48(46)55/h1-2,5-8,13-24,29-36,41-42H,3-4,9-12,25-28H2/i1D,2D,3D2,4D2,5D,6D,7D,8D,9D2,10D2,11D2,12D2,13D,14D,15D,16D,17D,18D,19D,20D,21D,22D,23D,24D,25D2,26D2,27D2,28D2,29D,30D,31D,32D,33D,34D,35D,36D,41D,42D. The Bertz CT molecular complexity index is 4920. The highest BCUT2D eigenvalue weighted by Gasteiger charge is 2.50. The number of para-hydroxylation sites is 2. The topological polar surface area (TPSA) is 43.6 Å². The van der Waals surface area contributed by atoms with E-state index in [1.807, 2.05) is 0 Å². The van der Waals surface area contributed by atoms with E-state index < -0.39 is 312 Å². The lowest BCUT2D eigenvalue weighted by Crippen LogP contribution is -2.65. The first-order valence-electron chi connectivity index (χ1n) is 40.0. The second-order valence-corrected chi connectivity index (χ2v) is 14.8. The Labute approximate surface area is 398 Å². The van der Waals surface area contributed by atoms with Crippen LogP contribution in [0.4, 0.5) is 0 Å². The molecule has 8 aromatic rings. The van der Waals surface area contributed by atoms with Crippen molar-refractivity contribution in [1.29, 1.82) is 0 Å². The molecule has 0 spiro atoms. The highest BCUT2D eigenvalue weighted by atomic mass is 28.3. The molecule has 2 aliphatic carbocycles. The van der Waals surface area contributed by atoms with Gasteiger partial charge in [-0.1, -0.05) is 219 Å². The second kappa shape index (κ2) is 15.1. The molecule has 0 aliphatic heterocycles. The van der Waals surface area contributed by atoms with Crippen LogP contribution in [-0.4, -0.2) is 27.6 Å². The Kier molecular flexibility index (Phi) is 2.87. The molecule has 0 atom stereocenters.